The lowest BCUT2D eigenvalue weighted by Crippen LogP contribution is -2.25. The molecule has 0 saturated heterocycles. The van der Waals surface area contributed by atoms with Crippen molar-refractivity contribution in [2.24, 2.45) is 5.73 Å². The van der Waals surface area contributed by atoms with Crippen LogP contribution in [0.2, 0.25) is 5.02 Å². The highest BCUT2D eigenvalue weighted by atomic mass is 35.5. The molecule has 1 aromatic heterocycles. The van der Waals surface area contributed by atoms with Gasteiger partial charge in [-0.2, -0.15) is 0 Å². The van der Waals surface area contributed by atoms with Crippen LogP contribution in [-0.2, 0) is 11.2 Å². The molecule has 2 rings (SSSR count). The monoisotopic (exact) mass is 239 g/mol. The third-order valence-electron chi connectivity index (χ3n) is 2.51. The van der Waals surface area contributed by atoms with Crippen molar-refractivity contribution < 1.29 is 4.74 Å². The number of nitrogens with two attached hydrogens (primary N) is 1. The largest absolute Gasteiger partial charge is 0.380 e. The first kappa shape index (κ1) is 11.4. The number of rotatable bonds is 4. The summed E-state index contributed by atoms with van der Waals surface area (Å²) in [6.07, 6.45) is 0.676. The molecule has 0 aliphatic carbocycles. The summed E-state index contributed by atoms with van der Waals surface area (Å²) in [5.74, 6) is 0.870. The lowest BCUT2D eigenvalue weighted by Gasteiger charge is -2.09. The number of hydrogen-bond donors (Lipinski definition) is 2. The first-order chi connectivity index (χ1) is 7.72. The lowest BCUT2D eigenvalue weighted by molar-refractivity contribution is 0.108. The molecule has 0 spiro atoms. The molecule has 0 radical (unpaired) electrons. The van der Waals surface area contributed by atoms with E-state index in [1.165, 1.54) is 0 Å². The highest BCUT2D eigenvalue weighted by Gasteiger charge is 2.10. The average molecular weight is 240 g/mol. The van der Waals surface area contributed by atoms with Gasteiger partial charge in [-0.05, 0) is 18.2 Å². The maximum atomic E-state index is 5.90. The maximum Gasteiger partial charge on any atom is 0.109 e. The van der Waals surface area contributed by atoms with Crippen molar-refractivity contribution in [1.29, 1.82) is 0 Å². The Morgan fingerprint density at radius 3 is 3.06 bits per heavy atom. The SMILES string of the molecule is COC(CN)Cc1nc2ccc(Cl)cc2[nH]1. The van der Waals surface area contributed by atoms with Gasteiger partial charge in [-0.1, -0.05) is 11.6 Å². The first-order valence-corrected chi connectivity index (χ1v) is 5.47. The van der Waals surface area contributed by atoms with E-state index in [0.29, 0.717) is 18.0 Å². The van der Waals surface area contributed by atoms with E-state index in [1.807, 2.05) is 18.2 Å². The van der Waals surface area contributed by atoms with Crippen LogP contribution in [0.4, 0.5) is 0 Å². The number of aromatic amines is 1. The molecule has 1 aromatic carbocycles. The fourth-order valence-electron chi connectivity index (χ4n) is 1.61. The van der Waals surface area contributed by atoms with Crippen molar-refractivity contribution in [1.82, 2.24) is 9.97 Å². The van der Waals surface area contributed by atoms with Gasteiger partial charge in [0.15, 0.2) is 0 Å². The van der Waals surface area contributed by atoms with Crippen LogP contribution in [0.3, 0.4) is 0 Å². The number of halogens is 1. The quantitative estimate of drug-likeness (QED) is 0.854. The molecular weight excluding hydrogens is 226 g/mol. The maximum absolute atomic E-state index is 5.90. The van der Waals surface area contributed by atoms with Crippen LogP contribution in [0, 0.1) is 0 Å². The smallest absolute Gasteiger partial charge is 0.109 e. The highest BCUT2D eigenvalue weighted by molar-refractivity contribution is 6.31. The summed E-state index contributed by atoms with van der Waals surface area (Å²) >= 11 is 5.90. The summed E-state index contributed by atoms with van der Waals surface area (Å²) in [7, 11) is 1.65. The van der Waals surface area contributed by atoms with Crippen molar-refractivity contribution in [2.75, 3.05) is 13.7 Å². The van der Waals surface area contributed by atoms with Crippen LogP contribution in [0.5, 0.6) is 0 Å². The van der Waals surface area contributed by atoms with Crippen LogP contribution in [0.1, 0.15) is 5.82 Å². The Labute approximate surface area is 98.8 Å². The molecule has 3 N–H and O–H groups in total. The Bertz CT molecular complexity index is 479. The number of nitrogens with zero attached hydrogens (tertiary/aromatic N) is 1. The summed E-state index contributed by atoms with van der Waals surface area (Å²) < 4.78 is 5.21. The van der Waals surface area contributed by atoms with E-state index in [-0.39, 0.29) is 6.10 Å². The Morgan fingerprint density at radius 2 is 2.38 bits per heavy atom. The number of imidazole rings is 1. The molecule has 2 aromatic rings. The van der Waals surface area contributed by atoms with Crippen molar-refractivity contribution in [3.8, 4) is 0 Å². The normalized spacial score (nSPS) is 13.2. The lowest BCUT2D eigenvalue weighted by atomic mass is 10.2. The molecule has 0 amide bonds. The van der Waals surface area contributed by atoms with Crippen molar-refractivity contribution in [3.05, 3.63) is 29.0 Å². The molecule has 1 heterocycles. The molecule has 0 aliphatic rings. The topological polar surface area (TPSA) is 63.9 Å². The van der Waals surface area contributed by atoms with Crippen molar-refractivity contribution in [2.45, 2.75) is 12.5 Å². The number of fused-ring (bicyclic) bond motifs is 1. The van der Waals surface area contributed by atoms with Crippen LogP contribution >= 0.6 is 11.6 Å². The number of nitrogens with one attached hydrogen (secondary N) is 1. The van der Waals surface area contributed by atoms with Crippen LogP contribution in [0.25, 0.3) is 11.0 Å². The molecule has 0 fully saturated rings. The average Bonchev–Trinajstić information content (AvgIpc) is 2.67. The van der Waals surface area contributed by atoms with Gasteiger partial charge in [0, 0.05) is 25.1 Å². The number of benzene rings is 1. The Morgan fingerprint density at radius 1 is 1.56 bits per heavy atom. The van der Waals surface area contributed by atoms with Crippen molar-refractivity contribution in [3.63, 3.8) is 0 Å². The number of ether oxygens (including phenoxy) is 1. The minimum Gasteiger partial charge on any atom is -0.380 e. The predicted octanol–water partition coefficient (Wildman–Crippen LogP) is 1.73. The van der Waals surface area contributed by atoms with Gasteiger partial charge < -0.3 is 15.5 Å². The van der Waals surface area contributed by atoms with E-state index >= 15 is 0 Å². The second-order valence-electron chi connectivity index (χ2n) is 3.64. The van der Waals surface area contributed by atoms with E-state index in [1.54, 1.807) is 7.11 Å². The summed E-state index contributed by atoms with van der Waals surface area (Å²) in [5, 5.41) is 0.699. The molecule has 1 atom stereocenters. The van der Waals surface area contributed by atoms with Gasteiger partial charge in [-0.25, -0.2) is 4.98 Å². The molecule has 1 unspecified atom stereocenters. The third-order valence-corrected chi connectivity index (χ3v) is 2.75. The highest BCUT2D eigenvalue weighted by Crippen LogP contribution is 2.17. The second-order valence-corrected chi connectivity index (χ2v) is 4.08. The molecule has 5 heteroatoms. The zero-order valence-electron chi connectivity index (χ0n) is 9.03. The number of methoxy groups -OCH3 is 1. The Hall–Kier alpha value is -1.10. The van der Waals surface area contributed by atoms with E-state index in [2.05, 4.69) is 9.97 Å². The number of aromatic nitrogens is 2. The van der Waals surface area contributed by atoms with Crippen molar-refractivity contribution >= 4 is 22.6 Å². The summed E-state index contributed by atoms with van der Waals surface area (Å²) in [4.78, 5) is 7.64. The molecule has 4 nitrogen and oxygen atoms in total. The van der Waals surface area contributed by atoms with E-state index in [4.69, 9.17) is 22.1 Å². The van der Waals surface area contributed by atoms with Gasteiger partial charge in [-0.3, -0.25) is 0 Å². The Balaban J connectivity index is 2.25. The van der Waals surface area contributed by atoms with Gasteiger partial charge in [-0.15, -0.1) is 0 Å². The summed E-state index contributed by atoms with van der Waals surface area (Å²) in [5.41, 5.74) is 7.41. The standard InChI is InChI=1S/C11H14ClN3O/c1-16-8(6-13)5-11-14-9-3-2-7(12)4-10(9)15-11/h2-4,8H,5-6,13H2,1H3,(H,14,15). The van der Waals surface area contributed by atoms with Crippen LogP contribution < -0.4 is 5.73 Å². The van der Waals surface area contributed by atoms with Gasteiger partial charge >= 0.3 is 0 Å². The van der Waals surface area contributed by atoms with E-state index in [9.17, 15) is 0 Å². The van der Waals surface area contributed by atoms with Gasteiger partial charge in [0.05, 0.1) is 17.1 Å². The second kappa shape index (κ2) is 4.82. The molecule has 0 saturated carbocycles. The Kier molecular flexibility index (Phi) is 3.43. The van der Waals surface area contributed by atoms with E-state index in [0.717, 1.165) is 16.9 Å². The summed E-state index contributed by atoms with van der Waals surface area (Å²) in [6.45, 7) is 0.480. The fourth-order valence-corrected chi connectivity index (χ4v) is 1.78. The zero-order chi connectivity index (χ0) is 11.5. The molecular formula is C11H14ClN3O. The first-order valence-electron chi connectivity index (χ1n) is 5.10. The van der Waals surface area contributed by atoms with Gasteiger partial charge in [0.1, 0.15) is 5.82 Å². The number of H-pyrrole nitrogens is 1. The minimum absolute atomic E-state index is 0.00367. The van der Waals surface area contributed by atoms with Gasteiger partial charge in [0.2, 0.25) is 0 Å². The molecule has 16 heavy (non-hydrogen) atoms. The predicted molar refractivity (Wildman–Crippen MR) is 64.7 cm³/mol. The minimum atomic E-state index is -0.00367. The van der Waals surface area contributed by atoms with Gasteiger partial charge in [0.25, 0.3) is 0 Å². The van der Waals surface area contributed by atoms with Crippen LogP contribution in [0.15, 0.2) is 18.2 Å². The molecule has 0 bridgehead atoms. The molecule has 86 valence electrons. The zero-order valence-corrected chi connectivity index (χ0v) is 9.79. The van der Waals surface area contributed by atoms with Crippen LogP contribution in [-0.4, -0.2) is 29.7 Å². The third kappa shape index (κ3) is 2.35. The fraction of sp³-hybridized carbons (Fsp3) is 0.364. The van der Waals surface area contributed by atoms with E-state index < -0.39 is 0 Å². The summed E-state index contributed by atoms with van der Waals surface area (Å²) in [6, 6.07) is 5.57. The molecule has 0 aliphatic heterocycles. The number of hydrogen-bond acceptors (Lipinski definition) is 3.